The summed E-state index contributed by atoms with van der Waals surface area (Å²) in [6, 6.07) is 0. The predicted molar refractivity (Wildman–Crippen MR) is 53.7 cm³/mol. The molecular formula is C11H18O4. The van der Waals surface area contributed by atoms with Crippen LogP contribution in [0.4, 0.5) is 0 Å². The highest BCUT2D eigenvalue weighted by molar-refractivity contribution is 5.67. The number of ether oxygens (including phenoxy) is 2. The zero-order valence-electron chi connectivity index (χ0n) is 8.91. The fourth-order valence-electron chi connectivity index (χ4n) is 2.76. The molecule has 2 fully saturated rings. The summed E-state index contributed by atoms with van der Waals surface area (Å²) in [4.78, 5) is 10.8. The second-order valence-corrected chi connectivity index (χ2v) is 4.65. The van der Waals surface area contributed by atoms with Crippen molar-refractivity contribution in [1.29, 1.82) is 0 Å². The fraction of sp³-hybridized carbons (Fsp3) is 0.909. The van der Waals surface area contributed by atoms with Crippen molar-refractivity contribution in [2.75, 3.05) is 26.4 Å². The number of hydrogen-bond acceptors (Lipinski definition) is 3. The summed E-state index contributed by atoms with van der Waals surface area (Å²) in [5, 5.41) is 8.90. The Hall–Kier alpha value is -0.610. The van der Waals surface area contributed by atoms with E-state index in [1.54, 1.807) is 0 Å². The number of carboxylic acid groups (broad SMARTS) is 1. The van der Waals surface area contributed by atoms with Crippen molar-refractivity contribution >= 4 is 5.97 Å². The van der Waals surface area contributed by atoms with Crippen molar-refractivity contribution in [3.8, 4) is 0 Å². The summed E-state index contributed by atoms with van der Waals surface area (Å²) >= 11 is 0. The van der Waals surface area contributed by atoms with Gasteiger partial charge in [-0.1, -0.05) is 0 Å². The first-order chi connectivity index (χ1) is 7.23. The molecule has 0 amide bonds. The average Bonchev–Trinajstić information content (AvgIpc) is 2.23. The highest BCUT2D eigenvalue weighted by atomic mass is 16.5. The molecular weight excluding hydrogens is 196 g/mol. The molecule has 0 radical (unpaired) electrons. The molecule has 2 aliphatic rings. The van der Waals surface area contributed by atoms with Crippen LogP contribution >= 0.6 is 0 Å². The van der Waals surface area contributed by atoms with Gasteiger partial charge >= 0.3 is 5.97 Å². The second-order valence-electron chi connectivity index (χ2n) is 4.65. The van der Waals surface area contributed by atoms with Gasteiger partial charge in [-0.2, -0.15) is 0 Å². The standard InChI is InChI=1S/C11H18O4/c12-10(13)6-9-2-5-15-8-11(9)3-1-4-14-7-11/h9H,1-8H2,(H,12,13). The molecule has 0 bridgehead atoms. The lowest BCUT2D eigenvalue weighted by molar-refractivity contribution is -0.150. The molecule has 15 heavy (non-hydrogen) atoms. The van der Waals surface area contributed by atoms with Crippen LogP contribution < -0.4 is 0 Å². The van der Waals surface area contributed by atoms with E-state index in [1.165, 1.54) is 0 Å². The average molecular weight is 214 g/mol. The molecule has 2 aliphatic heterocycles. The normalized spacial score (nSPS) is 36.7. The predicted octanol–water partition coefficient (Wildman–Crippen LogP) is 1.29. The highest BCUT2D eigenvalue weighted by Gasteiger charge is 2.43. The number of rotatable bonds is 2. The summed E-state index contributed by atoms with van der Waals surface area (Å²) < 4.78 is 11.0. The maximum absolute atomic E-state index is 10.8. The Morgan fingerprint density at radius 1 is 1.33 bits per heavy atom. The summed E-state index contributed by atoms with van der Waals surface area (Å²) in [6.07, 6.45) is 3.19. The van der Waals surface area contributed by atoms with Crippen LogP contribution in [0, 0.1) is 11.3 Å². The van der Waals surface area contributed by atoms with E-state index >= 15 is 0 Å². The van der Waals surface area contributed by atoms with E-state index in [0.717, 1.165) is 25.9 Å². The molecule has 2 saturated heterocycles. The van der Waals surface area contributed by atoms with Crippen LogP contribution in [-0.2, 0) is 14.3 Å². The fourth-order valence-corrected chi connectivity index (χ4v) is 2.76. The quantitative estimate of drug-likeness (QED) is 0.752. The maximum Gasteiger partial charge on any atom is 0.303 e. The third-order valence-electron chi connectivity index (χ3n) is 3.64. The first-order valence-electron chi connectivity index (χ1n) is 5.60. The monoisotopic (exact) mass is 214 g/mol. The first kappa shape index (κ1) is 10.9. The van der Waals surface area contributed by atoms with Crippen LogP contribution in [0.3, 0.4) is 0 Å². The van der Waals surface area contributed by atoms with Gasteiger partial charge in [0.25, 0.3) is 0 Å². The lowest BCUT2D eigenvalue weighted by Crippen LogP contribution is -2.46. The number of hydrogen-bond donors (Lipinski definition) is 1. The van der Waals surface area contributed by atoms with Gasteiger partial charge in [-0.25, -0.2) is 0 Å². The molecule has 86 valence electrons. The number of carboxylic acids is 1. The van der Waals surface area contributed by atoms with E-state index in [1.807, 2.05) is 0 Å². The zero-order chi connectivity index (χ0) is 10.7. The third kappa shape index (κ3) is 2.32. The number of carbonyl (C=O) groups is 1. The smallest absolute Gasteiger partial charge is 0.303 e. The van der Waals surface area contributed by atoms with Crippen LogP contribution in [0.5, 0.6) is 0 Å². The van der Waals surface area contributed by atoms with Crippen molar-refractivity contribution < 1.29 is 19.4 Å². The molecule has 4 nitrogen and oxygen atoms in total. The Balaban J connectivity index is 2.06. The van der Waals surface area contributed by atoms with E-state index in [0.29, 0.717) is 19.8 Å². The zero-order valence-corrected chi connectivity index (χ0v) is 8.91. The molecule has 1 spiro atoms. The molecule has 0 saturated carbocycles. The van der Waals surface area contributed by atoms with E-state index in [9.17, 15) is 4.79 Å². The van der Waals surface area contributed by atoms with Crippen LogP contribution in [0.25, 0.3) is 0 Å². The van der Waals surface area contributed by atoms with Crippen LogP contribution in [0.1, 0.15) is 25.7 Å². The Kier molecular flexibility index (Phi) is 3.26. The Morgan fingerprint density at radius 2 is 2.07 bits per heavy atom. The molecule has 2 rings (SSSR count). The van der Waals surface area contributed by atoms with Crippen molar-refractivity contribution in [3.63, 3.8) is 0 Å². The summed E-state index contributed by atoms with van der Waals surface area (Å²) in [7, 11) is 0. The van der Waals surface area contributed by atoms with Crippen molar-refractivity contribution in [2.45, 2.75) is 25.7 Å². The first-order valence-corrected chi connectivity index (χ1v) is 5.60. The van der Waals surface area contributed by atoms with Gasteiger partial charge < -0.3 is 14.6 Å². The molecule has 0 aliphatic carbocycles. The molecule has 0 aromatic carbocycles. The van der Waals surface area contributed by atoms with Gasteiger partial charge in [0.1, 0.15) is 0 Å². The van der Waals surface area contributed by atoms with Gasteiger partial charge in [0.2, 0.25) is 0 Å². The molecule has 0 aromatic heterocycles. The second kappa shape index (κ2) is 4.49. The van der Waals surface area contributed by atoms with Crippen LogP contribution in [-0.4, -0.2) is 37.5 Å². The summed E-state index contributed by atoms with van der Waals surface area (Å²) in [5.74, 6) is -0.476. The minimum absolute atomic E-state index is 0.0190. The van der Waals surface area contributed by atoms with Crippen LogP contribution in [0.15, 0.2) is 0 Å². The Labute approximate surface area is 89.6 Å². The van der Waals surface area contributed by atoms with E-state index < -0.39 is 5.97 Å². The molecule has 2 heterocycles. The summed E-state index contributed by atoms with van der Waals surface area (Å²) in [6.45, 7) is 2.84. The topological polar surface area (TPSA) is 55.8 Å². The number of aliphatic carboxylic acids is 1. The SMILES string of the molecule is O=C(O)CC1CCOCC12CCCOC2. The van der Waals surface area contributed by atoms with Crippen molar-refractivity contribution in [3.05, 3.63) is 0 Å². The van der Waals surface area contributed by atoms with Gasteiger partial charge in [0.05, 0.1) is 13.2 Å². The minimum Gasteiger partial charge on any atom is -0.481 e. The van der Waals surface area contributed by atoms with Crippen LogP contribution in [0.2, 0.25) is 0 Å². The van der Waals surface area contributed by atoms with Crippen molar-refractivity contribution in [2.24, 2.45) is 11.3 Å². The van der Waals surface area contributed by atoms with E-state index in [-0.39, 0.29) is 17.8 Å². The Bertz CT molecular complexity index is 224. The molecule has 0 aromatic rings. The van der Waals surface area contributed by atoms with Gasteiger partial charge in [0.15, 0.2) is 0 Å². The lowest BCUT2D eigenvalue weighted by Gasteiger charge is -2.45. The van der Waals surface area contributed by atoms with Gasteiger partial charge in [-0.05, 0) is 25.2 Å². The van der Waals surface area contributed by atoms with E-state index in [2.05, 4.69) is 0 Å². The summed E-state index contributed by atoms with van der Waals surface area (Å²) in [5.41, 5.74) is -0.0190. The third-order valence-corrected chi connectivity index (χ3v) is 3.64. The molecule has 2 unspecified atom stereocenters. The van der Waals surface area contributed by atoms with Gasteiger partial charge in [-0.15, -0.1) is 0 Å². The van der Waals surface area contributed by atoms with Gasteiger partial charge in [-0.3, -0.25) is 4.79 Å². The molecule has 4 heteroatoms. The minimum atomic E-state index is -0.702. The highest BCUT2D eigenvalue weighted by Crippen LogP contribution is 2.42. The van der Waals surface area contributed by atoms with Crippen molar-refractivity contribution in [1.82, 2.24) is 0 Å². The molecule has 2 atom stereocenters. The van der Waals surface area contributed by atoms with E-state index in [4.69, 9.17) is 14.6 Å². The lowest BCUT2D eigenvalue weighted by atomic mass is 9.68. The van der Waals surface area contributed by atoms with Gasteiger partial charge in [0, 0.05) is 25.0 Å². The largest absolute Gasteiger partial charge is 0.481 e. The maximum atomic E-state index is 10.8. The molecule has 1 N–H and O–H groups in total. The Morgan fingerprint density at radius 3 is 2.67 bits per heavy atom.